The number of hydrogen-bond donors (Lipinski definition) is 2. The summed E-state index contributed by atoms with van der Waals surface area (Å²) >= 11 is 0. The van der Waals surface area contributed by atoms with Crippen LogP contribution in [-0.2, 0) is 6.54 Å². The van der Waals surface area contributed by atoms with Crippen molar-refractivity contribution in [2.45, 2.75) is 58.5 Å². The van der Waals surface area contributed by atoms with Crippen LogP contribution in [0.5, 0.6) is 0 Å². The lowest BCUT2D eigenvalue weighted by molar-refractivity contribution is 0.537. The Labute approximate surface area is 157 Å². The van der Waals surface area contributed by atoms with E-state index in [0.29, 0.717) is 18.2 Å². The summed E-state index contributed by atoms with van der Waals surface area (Å²) < 4.78 is 0. The molecule has 0 aliphatic heterocycles. The number of benzene rings is 1. The number of rotatable bonds is 8. The third kappa shape index (κ3) is 9.44. The summed E-state index contributed by atoms with van der Waals surface area (Å²) in [7, 11) is 1.78. The Morgan fingerprint density at radius 3 is 2.74 bits per heavy atom. The Hall–Kier alpha value is -1.29. The van der Waals surface area contributed by atoms with Gasteiger partial charge in [0, 0.05) is 19.6 Å². The van der Waals surface area contributed by atoms with Gasteiger partial charge in [0.05, 0.1) is 11.6 Å². The van der Waals surface area contributed by atoms with Crippen molar-refractivity contribution in [3.63, 3.8) is 0 Å². The van der Waals surface area contributed by atoms with E-state index in [2.05, 4.69) is 35.5 Å². The minimum absolute atomic E-state index is 0. The van der Waals surface area contributed by atoms with Gasteiger partial charge in [-0.1, -0.05) is 44.7 Å². The quantitative estimate of drug-likeness (QED) is 0.282. The third-order valence-electron chi connectivity index (χ3n) is 3.61. The van der Waals surface area contributed by atoms with Gasteiger partial charge in [0.25, 0.3) is 0 Å². The first-order chi connectivity index (χ1) is 10.7. The van der Waals surface area contributed by atoms with Crippen molar-refractivity contribution in [2.75, 3.05) is 7.05 Å². The van der Waals surface area contributed by atoms with Crippen molar-refractivity contribution in [2.24, 2.45) is 4.99 Å². The summed E-state index contributed by atoms with van der Waals surface area (Å²) in [5.74, 6) is 0.811. The van der Waals surface area contributed by atoms with Crippen LogP contribution in [0.2, 0.25) is 0 Å². The van der Waals surface area contributed by atoms with E-state index >= 15 is 0 Å². The lowest BCUT2D eigenvalue weighted by Gasteiger charge is -2.18. The van der Waals surface area contributed by atoms with Crippen molar-refractivity contribution in [1.82, 2.24) is 10.6 Å². The Balaban J connectivity index is 0.00000484. The number of nitrogens with one attached hydrogen (secondary N) is 2. The van der Waals surface area contributed by atoms with Gasteiger partial charge in [-0.15, -0.1) is 24.0 Å². The van der Waals surface area contributed by atoms with Gasteiger partial charge in [-0.25, -0.2) is 0 Å². The molecular weight excluding hydrogens is 399 g/mol. The summed E-state index contributed by atoms with van der Waals surface area (Å²) in [6.07, 6.45) is 6.30. The standard InChI is InChI=1S/C18H28N4.HI/c1-4-5-6-7-9-15(2)22-18(20-3)21-14-17-11-8-10-16(12-17)13-19;/h8,10-12,15H,4-7,9,14H2,1-3H3,(H2,20,21,22);1H. The number of nitriles is 1. The first-order valence-electron chi connectivity index (χ1n) is 8.15. The van der Waals surface area contributed by atoms with E-state index in [1.54, 1.807) is 7.05 Å². The molecule has 1 unspecified atom stereocenters. The van der Waals surface area contributed by atoms with E-state index in [1.165, 1.54) is 25.7 Å². The maximum Gasteiger partial charge on any atom is 0.191 e. The van der Waals surface area contributed by atoms with Gasteiger partial charge in [0.15, 0.2) is 5.96 Å². The number of guanidine groups is 1. The topological polar surface area (TPSA) is 60.2 Å². The van der Waals surface area contributed by atoms with Crippen LogP contribution in [0, 0.1) is 11.3 Å². The van der Waals surface area contributed by atoms with Crippen LogP contribution in [0.25, 0.3) is 0 Å². The van der Waals surface area contributed by atoms with Crippen LogP contribution in [-0.4, -0.2) is 19.0 Å². The predicted octanol–water partition coefficient (Wildman–Crippen LogP) is 4.20. The van der Waals surface area contributed by atoms with Crippen LogP contribution in [0.4, 0.5) is 0 Å². The van der Waals surface area contributed by atoms with E-state index in [1.807, 2.05) is 24.3 Å². The Kier molecular flexibility index (Phi) is 12.4. The van der Waals surface area contributed by atoms with Crippen molar-refractivity contribution in [1.29, 1.82) is 5.26 Å². The smallest absolute Gasteiger partial charge is 0.191 e. The monoisotopic (exact) mass is 428 g/mol. The molecule has 5 heteroatoms. The van der Waals surface area contributed by atoms with Crippen LogP contribution in [0.3, 0.4) is 0 Å². The minimum Gasteiger partial charge on any atom is -0.354 e. The maximum absolute atomic E-state index is 8.92. The van der Waals surface area contributed by atoms with Gasteiger partial charge >= 0.3 is 0 Å². The molecule has 128 valence electrons. The fraction of sp³-hybridized carbons (Fsp3) is 0.556. The number of aliphatic imine (C=N–C) groups is 1. The zero-order valence-corrected chi connectivity index (χ0v) is 16.8. The van der Waals surface area contributed by atoms with Gasteiger partial charge in [-0.2, -0.15) is 5.26 Å². The fourth-order valence-electron chi connectivity index (χ4n) is 2.31. The second kappa shape index (κ2) is 13.2. The molecule has 1 atom stereocenters. The summed E-state index contributed by atoms with van der Waals surface area (Å²) in [5.41, 5.74) is 1.77. The highest BCUT2D eigenvalue weighted by Crippen LogP contribution is 2.06. The zero-order valence-electron chi connectivity index (χ0n) is 14.4. The van der Waals surface area contributed by atoms with Crippen molar-refractivity contribution < 1.29 is 0 Å². The molecule has 2 N–H and O–H groups in total. The van der Waals surface area contributed by atoms with Crippen LogP contribution in [0.15, 0.2) is 29.3 Å². The van der Waals surface area contributed by atoms with Crippen LogP contribution >= 0.6 is 24.0 Å². The molecule has 1 aromatic rings. The zero-order chi connectivity index (χ0) is 16.2. The largest absolute Gasteiger partial charge is 0.354 e. The molecule has 0 aliphatic rings. The number of unbranched alkanes of at least 4 members (excludes halogenated alkanes) is 3. The molecule has 0 heterocycles. The highest BCUT2D eigenvalue weighted by molar-refractivity contribution is 14.0. The van der Waals surface area contributed by atoms with Gasteiger partial charge in [0.2, 0.25) is 0 Å². The van der Waals surface area contributed by atoms with Crippen molar-refractivity contribution in [3.8, 4) is 6.07 Å². The summed E-state index contributed by atoms with van der Waals surface area (Å²) in [6.45, 7) is 5.08. The molecule has 0 aromatic heterocycles. The molecule has 0 radical (unpaired) electrons. The molecule has 0 fully saturated rings. The number of hydrogen-bond acceptors (Lipinski definition) is 2. The van der Waals surface area contributed by atoms with Crippen molar-refractivity contribution in [3.05, 3.63) is 35.4 Å². The average molecular weight is 428 g/mol. The second-order valence-corrected chi connectivity index (χ2v) is 5.63. The highest BCUT2D eigenvalue weighted by Gasteiger charge is 2.05. The number of nitrogens with zero attached hydrogens (tertiary/aromatic N) is 2. The van der Waals surface area contributed by atoms with E-state index in [9.17, 15) is 0 Å². The molecule has 0 saturated carbocycles. The molecule has 0 spiro atoms. The highest BCUT2D eigenvalue weighted by atomic mass is 127. The van der Waals surface area contributed by atoms with Crippen LogP contribution < -0.4 is 10.6 Å². The van der Waals surface area contributed by atoms with E-state index in [-0.39, 0.29) is 24.0 Å². The average Bonchev–Trinajstić information content (AvgIpc) is 2.55. The SMILES string of the molecule is CCCCCCC(C)NC(=NC)NCc1cccc(C#N)c1.I. The molecule has 0 saturated heterocycles. The molecule has 4 nitrogen and oxygen atoms in total. The van der Waals surface area contributed by atoms with E-state index < -0.39 is 0 Å². The lowest BCUT2D eigenvalue weighted by atomic mass is 10.1. The van der Waals surface area contributed by atoms with Gasteiger partial charge < -0.3 is 10.6 Å². The molecule has 0 aliphatic carbocycles. The lowest BCUT2D eigenvalue weighted by Crippen LogP contribution is -2.41. The van der Waals surface area contributed by atoms with Gasteiger partial charge in [0.1, 0.15) is 0 Å². The predicted molar refractivity (Wildman–Crippen MR) is 108 cm³/mol. The van der Waals surface area contributed by atoms with E-state index in [0.717, 1.165) is 17.9 Å². The van der Waals surface area contributed by atoms with E-state index in [4.69, 9.17) is 5.26 Å². The number of halogens is 1. The molecule has 0 amide bonds. The molecule has 1 rings (SSSR count). The Morgan fingerprint density at radius 1 is 1.30 bits per heavy atom. The minimum atomic E-state index is 0. The Bertz CT molecular complexity index is 508. The van der Waals surface area contributed by atoms with Crippen LogP contribution in [0.1, 0.15) is 57.1 Å². The second-order valence-electron chi connectivity index (χ2n) is 5.63. The molecule has 0 bridgehead atoms. The summed E-state index contributed by atoms with van der Waals surface area (Å²) in [5, 5.41) is 15.6. The fourth-order valence-corrected chi connectivity index (χ4v) is 2.31. The first-order valence-corrected chi connectivity index (χ1v) is 8.15. The summed E-state index contributed by atoms with van der Waals surface area (Å²) in [4.78, 5) is 4.26. The maximum atomic E-state index is 8.92. The molecule has 1 aromatic carbocycles. The normalized spacial score (nSPS) is 12.0. The van der Waals surface area contributed by atoms with Crippen molar-refractivity contribution >= 4 is 29.9 Å². The Morgan fingerprint density at radius 2 is 2.09 bits per heavy atom. The van der Waals surface area contributed by atoms with Gasteiger partial charge in [-0.3, -0.25) is 4.99 Å². The summed E-state index contributed by atoms with van der Waals surface area (Å²) in [6, 6.07) is 10.2. The third-order valence-corrected chi connectivity index (χ3v) is 3.61. The first kappa shape index (κ1) is 21.7. The molecular formula is C18H29IN4. The molecule has 23 heavy (non-hydrogen) atoms. The van der Waals surface area contributed by atoms with Gasteiger partial charge in [-0.05, 0) is 31.0 Å².